The first-order valence-corrected chi connectivity index (χ1v) is 12.6. The lowest BCUT2D eigenvalue weighted by molar-refractivity contribution is 0.194. The number of anilines is 1. The molecule has 1 aromatic heterocycles. The molecule has 3 aromatic rings. The lowest BCUT2D eigenvalue weighted by Crippen LogP contribution is -2.40. The van der Waals surface area contributed by atoms with Gasteiger partial charge in [0.15, 0.2) is 0 Å². The van der Waals surface area contributed by atoms with E-state index in [4.69, 9.17) is 21.1 Å². The van der Waals surface area contributed by atoms with Crippen LogP contribution in [-0.2, 0) is 0 Å². The van der Waals surface area contributed by atoms with Gasteiger partial charge in [0, 0.05) is 42.6 Å². The molecule has 4 rings (SSSR count). The Morgan fingerprint density at radius 1 is 1.14 bits per heavy atom. The van der Waals surface area contributed by atoms with Gasteiger partial charge in [0.05, 0.1) is 23.9 Å². The Kier molecular flexibility index (Phi) is 8.60. The maximum atomic E-state index is 12.8. The molecule has 2 heterocycles. The number of carbonyl (C=O) groups is 1. The summed E-state index contributed by atoms with van der Waals surface area (Å²) in [7, 11) is 0. The van der Waals surface area contributed by atoms with Gasteiger partial charge in [0.2, 0.25) is 0 Å². The average molecular weight is 506 g/mol. The number of fused-ring (bicyclic) bond motifs is 1. The van der Waals surface area contributed by atoms with Crippen LogP contribution in [0.15, 0.2) is 53.9 Å². The highest BCUT2D eigenvalue weighted by atomic mass is 16.5. The predicted molar refractivity (Wildman–Crippen MR) is 145 cm³/mol. The summed E-state index contributed by atoms with van der Waals surface area (Å²) in [5, 5.41) is 7.46. The molecule has 37 heavy (non-hydrogen) atoms. The molecule has 10 heteroatoms. The quantitative estimate of drug-likeness (QED) is 0.130. The summed E-state index contributed by atoms with van der Waals surface area (Å²) < 4.78 is 11.5. The molecule has 1 aliphatic heterocycles. The van der Waals surface area contributed by atoms with E-state index in [9.17, 15) is 4.79 Å². The smallest absolute Gasteiger partial charge is 0.321 e. The normalized spacial score (nSPS) is 14.7. The van der Waals surface area contributed by atoms with Gasteiger partial charge in [-0.05, 0) is 69.5 Å². The van der Waals surface area contributed by atoms with Crippen molar-refractivity contribution in [2.45, 2.75) is 51.6 Å². The summed E-state index contributed by atoms with van der Waals surface area (Å²) in [6.45, 7) is 5.79. The van der Waals surface area contributed by atoms with Gasteiger partial charge < -0.3 is 31.3 Å². The number of amidine groups is 1. The highest BCUT2D eigenvalue weighted by Gasteiger charge is 2.26. The number of aromatic nitrogens is 2. The summed E-state index contributed by atoms with van der Waals surface area (Å²) in [4.78, 5) is 23.7. The number of nitrogens with one attached hydrogen (secondary N) is 1. The van der Waals surface area contributed by atoms with Crippen molar-refractivity contribution in [1.29, 1.82) is 0 Å². The Labute approximate surface area is 217 Å². The van der Waals surface area contributed by atoms with Crippen molar-refractivity contribution >= 4 is 28.5 Å². The first kappa shape index (κ1) is 26.0. The first-order valence-electron chi connectivity index (χ1n) is 12.6. The van der Waals surface area contributed by atoms with Crippen LogP contribution < -0.4 is 26.4 Å². The van der Waals surface area contributed by atoms with E-state index in [2.05, 4.69) is 20.4 Å². The van der Waals surface area contributed by atoms with E-state index in [0.717, 1.165) is 53.0 Å². The Hall–Kier alpha value is -4.08. The third kappa shape index (κ3) is 6.99. The van der Waals surface area contributed by atoms with Crippen LogP contribution in [0.4, 0.5) is 10.5 Å². The lowest BCUT2D eigenvalue weighted by Gasteiger charge is -2.32. The van der Waals surface area contributed by atoms with Crippen molar-refractivity contribution in [3.63, 3.8) is 0 Å². The molecule has 0 atom stereocenters. The number of nitrogens with zero attached hydrogens (tertiary/aromatic N) is 4. The molecule has 196 valence electrons. The molecular formula is C27H35N7O3. The third-order valence-electron chi connectivity index (χ3n) is 6.30. The minimum Gasteiger partial charge on any atom is -0.494 e. The van der Waals surface area contributed by atoms with Crippen LogP contribution in [0, 0.1) is 0 Å². The van der Waals surface area contributed by atoms with Gasteiger partial charge in [-0.25, -0.2) is 14.8 Å². The Balaban J connectivity index is 1.32. The molecule has 10 nitrogen and oxygen atoms in total. The van der Waals surface area contributed by atoms with Crippen molar-refractivity contribution in [3.8, 4) is 11.5 Å². The van der Waals surface area contributed by atoms with Crippen molar-refractivity contribution in [2.24, 2.45) is 16.7 Å². The van der Waals surface area contributed by atoms with Crippen LogP contribution in [0.3, 0.4) is 0 Å². The minimum atomic E-state index is -0.0928. The number of hydrazone groups is 1. The molecule has 0 saturated carbocycles. The number of nitrogens with two attached hydrogens (primary N) is 2. The van der Waals surface area contributed by atoms with Crippen molar-refractivity contribution in [2.75, 3.05) is 25.0 Å². The van der Waals surface area contributed by atoms with Gasteiger partial charge >= 0.3 is 6.03 Å². The molecule has 0 aliphatic carbocycles. The number of rotatable bonds is 9. The van der Waals surface area contributed by atoms with E-state index in [1.54, 1.807) is 6.33 Å². The fourth-order valence-electron chi connectivity index (χ4n) is 4.43. The predicted octanol–water partition coefficient (Wildman–Crippen LogP) is 4.22. The number of urea groups is 1. The standard InChI is InChI=1S/C27H35N7O3/c1-18(2)37-21-7-5-20(6-8-21)32-27(35)34-13-11-19(12-14-34)26-23-10-9-22(16-24(23)30-17-31-26)36-15-3-4-25(28)33-29/h5-10,16-19H,3-4,11-15,29H2,1-2H3,(H2,28,33)(H,32,35). The van der Waals surface area contributed by atoms with E-state index in [0.29, 0.717) is 32.0 Å². The second kappa shape index (κ2) is 12.2. The molecule has 0 unspecified atom stereocenters. The Morgan fingerprint density at radius 2 is 1.86 bits per heavy atom. The molecule has 5 N–H and O–H groups in total. The fourth-order valence-corrected chi connectivity index (χ4v) is 4.43. The lowest BCUT2D eigenvalue weighted by atomic mass is 9.91. The maximum Gasteiger partial charge on any atom is 0.321 e. The minimum absolute atomic E-state index is 0.0928. The van der Waals surface area contributed by atoms with E-state index >= 15 is 0 Å². The largest absolute Gasteiger partial charge is 0.494 e. The second-order valence-electron chi connectivity index (χ2n) is 9.39. The van der Waals surface area contributed by atoms with Crippen LogP contribution in [0.2, 0.25) is 0 Å². The number of amides is 2. The zero-order chi connectivity index (χ0) is 26.2. The molecule has 1 fully saturated rings. The SMILES string of the molecule is CC(C)Oc1ccc(NC(=O)N2CCC(c3ncnc4cc(OCCC/C(N)=N/N)ccc34)CC2)cc1. The summed E-state index contributed by atoms with van der Waals surface area (Å²) in [6.07, 6.45) is 4.70. The van der Waals surface area contributed by atoms with Crippen LogP contribution in [0.25, 0.3) is 10.9 Å². The van der Waals surface area contributed by atoms with Gasteiger partial charge in [-0.1, -0.05) is 0 Å². The van der Waals surface area contributed by atoms with Crippen LogP contribution >= 0.6 is 0 Å². The van der Waals surface area contributed by atoms with E-state index < -0.39 is 0 Å². The number of ether oxygens (including phenoxy) is 2. The summed E-state index contributed by atoms with van der Waals surface area (Å²) in [6, 6.07) is 13.2. The average Bonchev–Trinajstić information content (AvgIpc) is 2.91. The highest BCUT2D eigenvalue weighted by Crippen LogP contribution is 2.32. The Bertz CT molecular complexity index is 1220. The molecule has 0 radical (unpaired) electrons. The molecule has 0 bridgehead atoms. The van der Waals surface area contributed by atoms with Gasteiger partial charge in [-0.2, -0.15) is 5.10 Å². The molecule has 2 amide bonds. The summed E-state index contributed by atoms with van der Waals surface area (Å²) >= 11 is 0. The molecule has 1 saturated heterocycles. The number of piperidine rings is 1. The number of hydrogen-bond donors (Lipinski definition) is 3. The van der Waals surface area contributed by atoms with Gasteiger partial charge in [0.1, 0.15) is 23.7 Å². The summed E-state index contributed by atoms with van der Waals surface area (Å²) in [5.74, 6) is 7.35. The third-order valence-corrected chi connectivity index (χ3v) is 6.30. The van der Waals surface area contributed by atoms with Gasteiger partial charge in [-0.3, -0.25) is 0 Å². The number of benzene rings is 2. The summed E-state index contributed by atoms with van der Waals surface area (Å²) in [5.41, 5.74) is 8.23. The fraction of sp³-hybridized carbons (Fsp3) is 0.407. The molecule has 2 aromatic carbocycles. The Morgan fingerprint density at radius 3 is 2.57 bits per heavy atom. The number of likely N-dealkylation sites (tertiary alicyclic amines) is 1. The highest BCUT2D eigenvalue weighted by molar-refractivity contribution is 5.89. The van der Waals surface area contributed by atoms with Crippen LogP contribution in [-0.4, -0.2) is 52.5 Å². The topological polar surface area (TPSA) is 141 Å². The molecule has 0 spiro atoms. The van der Waals surface area contributed by atoms with Crippen LogP contribution in [0.5, 0.6) is 11.5 Å². The van der Waals surface area contributed by atoms with Crippen LogP contribution in [0.1, 0.15) is 51.1 Å². The second-order valence-corrected chi connectivity index (χ2v) is 9.39. The molecular weight excluding hydrogens is 470 g/mol. The van der Waals surface area contributed by atoms with E-state index in [1.165, 1.54) is 0 Å². The van der Waals surface area contributed by atoms with Crippen molar-refractivity contribution < 1.29 is 14.3 Å². The van der Waals surface area contributed by atoms with E-state index in [1.807, 2.05) is 61.2 Å². The van der Waals surface area contributed by atoms with Crippen molar-refractivity contribution in [3.05, 3.63) is 54.5 Å². The number of carbonyl (C=O) groups excluding carboxylic acids is 1. The van der Waals surface area contributed by atoms with Gasteiger partial charge in [-0.15, -0.1) is 0 Å². The maximum absolute atomic E-state index is 12.8. The monoisotopic (exact) mass is 505 g/mol. The zero-order valence-corrected chi connectivity index (χ0v) is 21.4. The van der Waals surface area contributed by atoms with Gasteiger partial charge in [0.25, 0.3) is 0 Å². The molecule has 1 aliphatic rings. The van der Waals surface area contributed by atoms with Crippen molar-refractivity contribution in [1.82, 2.24) is 14.9 Å². The number of hydrogen-bond acceptors (Lipinski definition) is 7. The first-order chi connectivity index (χ1) is 17.9. The zero-order valence-electron chi connectivity index (χ0n) is 21.4. The van der Waals surface area contributed by atoms with E-state index in [-0.39, 0.29) is 18.1 Å².